The molecular formula is C12H17NO3. The van der Waals surface area contributed by atoms with E-state index < -0.39 is 5.97 Å². The van der Waals surface area contributed by atoms with Gasteiger partial charge in [-0.05, 0) is 37.7 Å². The van der Waals surface area contributed by atoms with Crippen LogP contribution in [-0.2, 0) is 9.59 Å². The highest BCUT2D eigenvalue weighted by Crippen LogP contribution is 2.30. The summed E-state index contributed by atoms with van der Waals surface area (Å²) in [6, 6.07) is 0. The van der Waals surface area contributed by atoms with Crippen LogP contribution in [0.1, 0.15) is 25.7 Å². The number of rotatable bonds is 3. The molecule has 1 N–H and O–H groups in total. The van der Waals surface area contributed by atoms with E-state index in [9.17, 15) is 9.59 Å². The van der Waals surface area contributed by atoms with Gasteiger partial charge in [-0.3, -0.25) is 9.59 Å². The number of carbonyl (C=O) groups excluding carboxylic acids is 1. The van der Waals surface area contributed by atoms with E-state index in [0.29, 0.717) is 25.4 Å². The third-order valence-electron chi connectivity index (χ3n) is 3.22. The van der Waals surface area contributed by atoms with Gasteiger partial charge in [0.1, 0.15) is 0 Å². The number of carboxylic acids is 1. The van der Waals surface area contributed by atoms with Gasteiger partial charge in [0.15, 0.2) is 0 Å². The second-order valence-electron chi connectivity index (χ2n) is 4.66. The zero-order chi connectivity index (χ0) is 11.5. The van der Waals surface area contributed by atoms with Crippen LogP contribution in [0.25, 0.3) is 0 Å². The third-order valence-corrected chi connectivity index (χ3v) is 3.22. The average Bonchev–Trinajstić information content (AvgIpc) is 3.10. The lowest BCUT2D eigenvalue weighted by molar-refractivity contribution is -0.144. The molecule has 2 fully saturated rings. The van der Waals surface area contributed by atoms with E-state index in [1.165, 1.54) is 12.8 Å². The molecule has 1 saturated carbocycles. The molecule has 2 aliphatic rings. The normalized spacial score (nSPS) is 26.0. The molecule has 4 nitrogen and oxygen atoms in total. The van der Waals surface area contributed by atoms with Gasteiger partial charge in [0, 0.05) is 13.1 Å². The summed E-state index contributed by atoms with van der Waals surface area (Å²) in [7, 11) is 0. The highest BCUT2D eigenvalue weighted by molar-refractivity contribution is 5.88. The van der Waals surface area contributed by atoms with Crippen LogP contribution in [0.15, 0.2) is 12.2 Å². The molecule has 4 heteroatoms. The van der Waals surface area contributed by atoms with E-state index in [1.807, 2.05) is 6.08 Å². The molecule has 0 aromatic rings. The van der Waals surface area contributed by atoms with Gasteiger partial charge in [-0.15, -0.1) is 0 Å². The summed E-state index contributed by atoms with van der Waals surface area (Å²) in [5, 5.41) is 8.91. The maximum absolute atomic E-state index is 11.7. The molecule has 16 heavy (non-hydrogen) atoms. The molecule has 0 spiro atoms. The molecule has 2 rings (SSSR count). The van der Waals surface area contributed by atoms with E-state index in [2.05, 4.69) is 0 Å². The second-order valence-corrected chi connectivity index (χ2v) is 4.66. The minimum Gasteiger partial charge on any atom is -0.481 e. The van der Waals surface area contributed by atoms with Crippen molar-refractivity contribution in [3.8, 4) is 0 Å². The fraction of sp³-hybridized carbons (Fsp3) is 0.667. The first-order valence-electron chi connectivity index (χ1n) is 5.86. The lowest BCUT2D eigenvalue weighted by Crippen LogP contribution is -2.41. The molecular weight excluding hydrogens is 206 g/mol. The fourth-order valence-electron chi connectivity index (χ4n) is 1.99. The molecule has 0 bridgehead atoms. The van der Waals surface area contributed by atoms with Crippen LogP contribution in [0.2, 0.25) is 0 Å². The molecule has 1 amide bonds. The zero-order valence-corrected chi connectivity index (χ0v) is 9.26. The lowest BCUT2D eigenvalue weighted by atomic mass is 9.98. The molecule has 1 unspecified atom stereocenters. The fourth-order valence-corrected chi connectivity index (χ4v) is 1.99. The van der Waals surface area contributed by atoms with Crippen LogP contribution in [0.3, 0.4) is 0 Å². The van der Waals surface area contributed by atoms with Crippen molar-refractivity contribution in [1.29, 1.82) is 0 Å². The van der Waals surface area contributed by atoms with Crippen molar-refractivity contribution in [2.75, 3.05) is 13.1 Å². The van der Waals surface area contributed by atoms with Gasteiger partial charge in [0.05, 0.1) is 5.92 Å². The summed E-state index contributed by atoms with van der Waals surface area (Å²) in [4.78, 5) is 24.2. The Morgan fingerprint density at radius 2 is 2.00 bits per heavy atom. The SMILES string of the molecule is O=C(O)C1CCCN(C(=O)/C=C/C2CC2)C1. The molecule has 1 saturated heterocycles. The van der Waals surface area contributed by atoms with Crippen molar-refractivity contribution in [3.05, 3.63) is 12.2 Å². The zero-order valence-electron chi connectivity index (χ0n) is 9.26. The number of amides is 1. The van der Waals surface area contributed by atoms with Gasteiger partial charge in [0.25, 0.3) is 0 Å². The monoisotopic (exact) mass is 223 g/mol. The van der Waals surface area contributed by atoms with E-state index in [-0.39, 0.29) is 11.8 Å². The predicted octanol–water partition coefficient (Wildman–Crippen LogP) is 1.28. The largest absolute Gasteiger partial charge is 0.481 e. The van der Waals surface area contributed by atoms with Crippen molar-refractivity contribution in [2.45, 2.75) is 25.7 Å². The van der Waals surface area contributed by atoms with Crippen LogP contribution in [-0.4, -0.2) is 35.0 Å². The van der Waals surface area contributed by atoms with Gasteiger partial charge in [-0.25, -0.2) is 0 Å². The molecule has 88 valence electrons. The molecule has 0 radical (unpaired) electrons. The number of hydrogen-bond acceptors (Lipinski definition) is 2. The average molecular weight is 223 g/mol. The summed E-state index contributed by atoms with van der Waals surface area (Å²) in [6.07, 6.45) is 7.41. The van der Waals surface area contributed by atoms with Crippen LogP contribution in [0.5, 0.6) is 0 Å². The van der Waals surface area contributed by atoms with Crippen molar-refractivity contribution < 1.29 is 14.7 Å². The number of carbonyl (C=O) groups is 2. The first kappa shape index (κ1) is 11.2. The Hall–Kier alpha value is -1.32. The Morgan fingerprint density at radius 1 is 1.25 bits per heavy atom. The Bertz CT molecular complexity index is 320. The number of carboxylic acid groups (broad SMARTS) is 1. The highest BCUT2D eigenvalue weighted by Gasteiger charge is 2.27. The summed E-state index contributed by atoms with van der Waals surface area (Å²) in [5.74, 6) is -0.613. The van der Waals surface area contributed by atoms with Crippen molar-refractivity contribution in [1.82, 2.24) is 4.90 Å². The minimum atomic E-state index is -0.788. The van der Waals surface area contributed by atoms with Crippen LogP contribution in [0.4, 0.5) is 0 Å². The number of likely N-dealkylation sites (tertiary alicyclic amines) is 1. The third kappa shape index (κ3) is 2.84. The molecule has 1 aliphatic heterocycles. The number of nitrogens with zero attached hydrogens (tertiary/aromatic N) is 1. The summed E-state index contributed by atoms with van der Waals surface area (Å²) < 4.78 is 0. The Kier molecular flexibility index (Phi) is 3.27. The highest BCUT2D eigenvalue weighted by atomic mass is 16.4. The molecule has 1 aliphatic carbocycles. The molecule has 1 heterocycles. The Balaban J connectivity index is 1.87. The van der Waals surface area contributed by atoms with Crippen molar-refractivity contribution in [2.24, 2.45) is 11.8 Å². The first-order valence-corrected chi connectivity index (χ1v) is 5.86. The Labute approximate surface area is 94.9 Å². The molecule has 0 aromatic carbocycles. The van der Waals surface area contributed by atoms with Gasteiger partial charge in [0.2, 0.25) is 5.91 Å². The number of hydrogen-bond donors (Lipinski definition) is 1. The first-order chi connectivity index (χ1) is 7.66. The van der Waals surface area contributed by atoms with Gasteiger partial charge >= 0.3 is 5.97 Å². The number of aliphatic carboxylic acids is 1. The maximum atomic E-state index is 11.7. The number of piperidine rings is 1. The summed E-state index contributed by atoms with van der Waals surface area (Å²) in [6.45, 7) is 1.06. The quantitative estimate of drug-likeness (QED) is 0.733. The second kappa shape index (κ2) is 4.68. The van der Waals surface area contributed by atoms with Gasteiger partial charge < -0.3 is 10.0 Å². The number of allylic oxidation sites excluding steroid dienone is 1. The predicted molar refractivity (Wildman–Crippen MR) is 58.8 cm³/mol. The van der Waals surface area contributed by atoms with Crippen LogP contribution in [0, 0.1) is 11.8 Å². The van der Waals surface area contributed by atoms with Gasteiger partial charge in [-0.2, -0.15) is 0 Å². The van der Waals surface area contributed by atoms with Crippen LogP contribution < -0.4 is 0 Å². The van der Waals surface area contributed by atoms with E-state index in [4.69, 9.17) is 5.11 Å². The Morgan fingerprint density at radius 3 is 2.62 bits per heavy atom. The van der Waals surface area contributed by atoms with Crippen molar-refractivity contribution >= 4 is 11.9 Å². The molecule has 1 atom stereocenters. The van der Waals surface area contributed by atoms with E-state index >= 15 is 0 Å². The smallest absolute Gasteiger partial charge is 0.308 e. The lowest BCUT2D eigenvalue weighted by Gasteiger charge is -2.29. The standard InChI is InChI=1S/C12H17NO3/c14-11(6-5-9-3-4-9)13-7-1-2-10(8-13)12(15)16/h5-6,9-10H,1-4,7-8H2,(H,15,16)/b6-5+. The summed E-state index contributed by atoms with van der Waals surface area (Å²) >= 11 is 0. The van der Waals surface area contributed by atoms with E-state index in [0.717, 1.165) is 6.42 Å². The van der Waals surface area contributed by atoms with E-state index in [1.54, 1.807) is 11.0 Å². The summed E-state index contributed by atoms with van der Waals surface area (Å²) in [5.41, 5.74) is 0. The topological polar surface area (TPSA) is 57.6 Å². The van der Waals surface area contributed by atoms with Crippen LogP contribution >= 0.6 is 0 Å². The maximum Gasteiger partial charge on any atom is 0.308 e. The minimum absolute atomic E-state index is 0.0298. The van der Waals surface area contributed by atoms with Gasteiger partial charge in [-0.1, -0.05) is 6.08 Å². The molecule has 0 aromatic heterocycles. The van der Waals surface area contributed by atoms with Crippen molar-refractivity contribution in [3.63, 3.8) is 0 Å².